The smallest absolute Gasteiger partial charge is 0.345 e. The van der Waals surface area contributed by atoms with Crippen LogP contribution >= 0.6 is 0 Å². The minimum Gasteiger partial charge on any atom is -0.423 e. The zero-order chi connectivity index (χ0) is 17.5. The summed E-state index contributed by atoms with van der Waals surface area (Å²) < 4.78 is 5.22. The Bertz CT molecular complexity index is 757. The molecule has 0 bridgehead atoms. The highest BCUT2D eigenvalue weighted by molar-refractivity contribution is 6.01. The van der Waals surface area contributed by atoms with Crippen LogP contribution < -0.4 is 11.1 Å². The molecule has 0 aliphatic rings. The third kappa shape index (κ3) is 4.21. The van der Waals surface area contributed by atoms with Crippen molar-refractivity contribution < 1.29 is 19.4 Å². The lowest BCUT2D eigenvalue weighted by atomic mass is 10.1. The van der Waals surface area contributed by atoms with Gasteiger partial charge in [-0.3, -0.25) is 4.79 Å². The summed E-state index contributed by atoms with van der Waals surface area (Å²) in [4.78, 5) is 24.0. The highest BCUT2D eigenvalue weighted by atomic mass is 16.5. The van der Waals surface area contributed by atoms with Crippen molar-refractivity contribution in [2.45, 2.75) is 0 Å². The Balaban J connectivity index is 2.10. The number of aliphatic hydroxyl groups is 1. The second-order valence-corrected chi connectivity index (χ2v) is 4.96. The lowest BCUT2D eigenvalue weighted by Gasteiger charge is -2.10. The van der Waals surface area contributed by atoms with Crippen molar-refractivity contribution >= 4 is 23.3 Å². The Morgan fingerprint density at radius 1 is 1.12 bits per heavy atom. The number of carbonyl (C=O) groups excluding carboxylic acids is 2. The second kappa shape index (κ2) is 7.94. The van der Waals surface area contributed by atoms with Gasteiger partial charge in [0.25, 0.3) is 5.91 Å². The third-order valence-corrected chi connectivity index (χ3v) is 3.24. The van der Waals surface area contributed by atoms with Crippen LogP contribution in [0.4, 0.5) is 5.69 Å². The molecule has 124 valence electrons. The highest BCUT2D eigenvalue weighted by Gasteiger charge is 2.16. The summed E-state index contributed by atoms with van der Waals surface area (Å²) in [7, 11) is 0. The van der Waals surface area contributed by atoms with Gasteiger partial charge in [-0.15, -0.1) is 0 Å². The Hall–Kier alpha value is -3.12. The predicted octanol–water partition coefficient (Wildman–Crippen LogP) is 1.82. The average Bonchev–Trinajstić information content (AvgIpc) is 2.60. The van der Waals surface area contributed by atoms with E-state index in [4.69, 9.17) is 15.6 Å². The van der Waals surface area contributed by atoms with Crippen molar-refractivity contribution in [3.63, 3.8) is 0 Å². The first-order valence-electron chi connectivity index (χ1n) is 7.28. The van der Waals surface area contributed by atoms with Crippen LogP contribution in [0.3, 0.4) is 0 Å². The van der Waals surface area contributed by atoms with Gasteiger partial charge in [-0.2, -0.15) is 0 Å². The maximum absolute atomic E-state index is 12.2. The largest absolute Gasteiger partial charge is 0.423 e. The lowest BCUT2D eigenvalue weighted by Crippen LogP contribution is -2.26. The molecule has 1 amide bonds. The van der Waals surface area contributed by atoms with E-state index in [-0.39, 0.29) is 36.1 Å². The van der Waals surface area contributed by atoms with Crippen LogP contribution in [0, 0.1) is 0 Å². The van der Waals surface area contributed by atoms with Crippen LogP contribution in [0.25, 0.3) is 5.76 Å². The molecular formula is C18H18N2O4. The molecule has 0 fully saturated rings. The number of esters is 1. The molecule has 0 saturated heterocycles. The fourth-order valence-electron chi connectivity index (χ4n) is 2.01. The number of benzene rings is 2. The summed E-state index contributed by atoms with van der Waals surface area (Å²) in [5.74, 6) is -0.821. The number of carbonyl (C=O) groups is 2. The predicted molar refractivity (Wildman–Crippen MR) is 91.2 cm³/mol. The van der Waals surface area contributed by atoms with Crippen LogP contribution in [0.1, 0.15) is 26.3 Å². The van der Waals surface area contributed by atoms with Crippen molar-refractivity contribution in [1.29, 1.82) is 0 Å². The molecule has 2 aromatic rings. The van der Waals surface area contributed by atoms with E-state index in [0.717, 1.165) is 0 Å². The van der Waals surface area contributed by atoms with E-state index in [1.165, 1.54) is 18.2 Å². The van der Waals surface area contributed by atoms with Crippen molar-refractivity contribution in [3.8, 4) is 0 Å². The number of nitrogen functional groups attached to an aromatic ring is 1. The van der Waals surface area contributed by atoms with Crippen LogP contribution in [-0.4, -0.2) is 30.1 Å². The highest BCUT2D eigenvalue weighted by Crippen LogP contribution is 2.20. The molecule has 0 unspecified atom stereocenters. The standard InChI is InChI=1S/C18H18N2O4/c1-12(13-5-3-2-4-6-13)24-18(23)15-8-7-14(11-16(15)19)17(22)20-9-10-21/h2-8,11,21H,1,9-10,19H2,(H,20,22). The summed E-state index contributed by atoms with van der Waals surface area (Å²) in [5, 5.41) is 11.2. The number of nitrogens with two attached hydrogens (primary N) is 1. The fraction of sp³-hybridized carbons (Fsp3) is 0.111. The minimum absolute atomic E-state index is 0.123. The summed E-state index contributed by atoms with van der Waals surface area (Å²) in [6.07, 6.45) is 0. The van der Waals surface area contributed by atoms with Gasteiger partial charge in [0.1, 0.15) is 5.76 Å². The number of aliphatic hydroxyl groups excluding tert-OH is 1. The molecule has 4 N–H and O–H groups in total. The Morgan fingerprint density at radius 2 is 1.83 bits per heavy atom. The third-order valence-electron chi connectivity index (χ3n) is 3.24. The Morgan fingerprint density at radius 3 is 2.46 bits per heavy atom. The molecule has 6 nitrogen and oxygen atoms in total. The van der Waals surface area contributed by atoms with Crippen LogP contribution in [0.5, 0.6) is 0 Å². The number of hydrogen-bond donors (Lipinski definition) is 3. The zero-order valence-electron chi connectivity index (χ0n) is 13.0. The Kier molecular flexibility index (Phi) is 5.70. The maximum atomic E-state index is 12.2. The summed E-state index contributed by atoms with van der Waals surface area (Å²) in [6, 6.07) is 13.3. The second-order valence-electron chi connectivity index (χ2n) is 4.96. The SMILES string of the molecule is C=C(OC(=O)c1ccc(C(=O)NCCO)cc1N)c1ccccc1. The van der Waals surface area contributed by atoms with Crippen molar-refractivity contribution in [2.75, 3.05) is 18.9 Å². The van der Waals surface area contributed by atoms with Gasteiger partial charge in [0.05, 0.1) is 12.2 Å². The van der Waals surface area contributed by atoms with Crippen LogP contribution in [0.2, 0.25) is 0 Å². The summed E-state index contributed by atoms with van der Waals surface area (Å²) >= 11 is 0. The molecule has 24 heavy (non-hydrogen) atoms. The van der Waals surface area contributed by atoms with E-state index in [2.05, 4.69) is 11.9 Å². The molecule has 0 aromatic heterocycles. The molecule has 2 rings (SSSR count). The molecule has 6 heteroatoms. The Labute approximate surface area is 139 Å². The quantitative estimate of drug-likeness (QED) is 0.427. The van der Waals surface area contributed by atoms with E-state index in [0.29, 0.717) is 11.1 Å². The van der Waals surface area contributed by atoms with Gasteiger partial charge in [-0.25, -0.2) is 4.79 Å². The molecule has 0 aliphatic carbocycles. The van der Waals surface area contributed by atoms with Crippen molar-refractivity contribution in [1.82, 2.24) is 5.32 Å². The molecule has 0 aliphatic heterocycles. The van der Waals surface area contributed by atoms with Crippen molar-refractivity contribution in [2.24, 2.45) is 0 Å². The zero-order valence-corrected chi connectivity index (χ0v) is 13.0. The summed E-state index contributed by atoms with van der Waals surface area (Å²) in [6.45, 7) is 3.71. The van der Waals surface area contributed by atoms with Gasteiger partial charge in [-0.1, -0.05) is 36.9 Å². The summed E-state index contributed by atoms with van der Waals surface area (Å²) in [5.41, 5.74) is 7.09. The van der Waals surface area contributed by atoms with Gasteiger partial charge >= 0.3 is 5.97 Å². The number of ether oxygens (including phenoxy) is 1. The normalized spacial score (nSPS) is 10.0. The molecule has 2 aromatic carbocycles. The van der Waals surface area contributed by atoms with Gasteiger partial charge < -0.3 is 20.9 Å². The van der Waals surface area contributed by atoms with Gasteiger partial charge in [0, 0.05) is 23.4 Å². The minimum atomic E-state index is -0.649. The molecular weight excluding hydrogens is 308 g/mol. The van der Waals surface area contributed by atoms with E-state index in [1.54, 1.807) is 12.1 Å². The van der Waals surface area contributed by atoms with Crippen molar-refractivity contribution in [3.05, 3.63) is 71.8 Å². The molecule has 0 heterocycles. The number of amides is 1. The average molecular weight is 326 g/mol. The van der Waals surface area contributed by atoms with E-state index in [1.807, 2.05) is 18.2 Å². The first kappa shape index (κ1) is 17.2. The van der Waals surface area contributed by atoms with E-state index >= 15 is 0 Å². The number of rotatable bonds is 6. The van der Waals surface area contributed by atoms with Gasteiger partial charge in [0.15, 0.2) is 0 Å². The monoisotopic (exact) mass is 326 g/mol. The number of anilines is 1. The van der Waals surface area contributed by atoms with Crippen LogP contribution in [0.15, 0.2) is 55.1 Å². The van der Waals surface area contributed by atoms with E-state index < -0.39 is 5.97 Å². The van der Waals surface area contributed by atoms with Gasteiger partial charge in [-0.05, 0) is 18.2 Å². The first-order valence-corrected chi connectivity index (χ1v) is 7.28. The lowest BCUT2D eigenvalue weighted by molar-refractivity contribution is 0.0693. The topological polar surface area (TPSA) is 102 Å². The van der Waals surface area contributed by atoms with Crippen LogP contribution in [-0.2, 0) is 4.74 Å². The fourth-order valence-corrected chi connectivity index (χ4v) is 2.01. The number of nitrogens with one attached hydrogen (secondary N) is 1. The number of hydrogen-bond acceptors (Lipinski definition) is 5. The molecule has 0 atom stereocenters. The first-order chi connectivity index (χ1) is 11.5. The molecule has 0 spiro atoms. The van der Waals surface area contributed by atoms with Gasteiger partial charge in [0.2, 0.25) is 0 Å². The molecule has 0 radical (unpaired) electrons. The maximum Gasteiger partial charge on any atom is 0.345 e. The molecule has 0 saturated carbocycles. The van der Waals surface area contributed by atoms with E-state index in [9.17, 15) is 9.59 Å².